The highest BCUT2D eigenvalue weighted by Gasteiger charge is 1.98. The van der Waals surface area contributed by atoms with Crippen LogP contribution in [-0.4, -0.2) is 15.0 Å². The number of carbonyl (C=O) groups is 1. The van der Waals surface area contributed by atoms with E-state index in [4.69, 9.17) is 11.1 Å². The van der Waals surface area contributed by atoms with Crippen LogP contribution in [0.5, 0.6) is 0 Å². The van der Waals surface area contributed by atoms with Gasteiger partial charge in [0.1, 0.15) is 0 Å². The average molecular weight is 151 g/mol. The van der Waals surface area contributed by atoms with E-state index in [-0.39, 0.29) is 5.97 Å². The molecule has 0 aromatic carbocycles. The lowest BCUT2D eigenvalue weighted by Crippen LogP contribution is -2.04. The third kappa shape index (κ3) is 2.82. The molecule has 46 valence electrons. The molecule has 0 saturated heterocycles. The molecule has 0 aliphatic carbocycles. The Bertz CT molecular complexity index is 113. The van der Waals surface area contributed by atoms with Crippen molar-refractivity contribution in [2.75, 3.05) is 0 Å². The first-order chi connectivity index (χ1) is 3.68. The minimum atomic E-state index is -1.11. The molecule has 0 bridgehead atoms. The molecule has 0 aromatic heterocycles. The standard InChI is InChI=1S/C4H7ClO2Si/c1-3(2)4(6)7-8-5/h1,8H2,2H3. The normalized spacial score (nSPS) is 9.75. The van der Waals surface area contributed by atoms with Gasteiger partial charge in [-0.15, -0.1) is 11.1 Å². The molecule has 0 aliphatic heterocycles. The van der Waals surface area contributed by atoms with Crippen molar-refractivity contribution in [2.45, 2.75) is 6.92 Å². The van der Waals surface area contributed by atoms with E-state index in [1.54, 1.807) is 6.92 Å². The third-order valence-corrected chi connectivity index (χ3v) is 1.23. The lowest BCUT2D eigenvalue weighted by atomic mass is 10.4. The van der Waals surface area contributed by atoms with Crippen molar-refractivity contribution in [3.63, 3.8) is 0 Å². The summed E-state index contributed by atoms with van der Waals surface area (Å²) < 4.78 is 4.47. The predicted molar refractivity (Wildman–Crippen MR) is 35.3 cm³/mol. The molecule has 0 saturated carbocycles. The van der Waals surface area contributed by atoms with Gasteiger partial charge in [0.15, 0.2) is 0 Å². The third-order valence-electron chi connectivity index (χ3n) is 0.534. The van der Waals surface area contributed by atoms with Crippen molar-refractivity contribution in [1.82, 2.24) is 0 Å². The van der Waals surface area contributed by atoms with Crippen LogP contribution in [0, 0.1) is 0 Å². The summed E-state index contributed by atoms with van der Waals surface area (Å²) in [5, 5.41) is 0. The van der Waals surface area contributed by atoms with Crippen LogP contribution in [0.1, 0.15) is 6.92 Å². The van der Waals surface area contributed by atoms with Crippen LogP contribution in [0.2, 0.25) is 0 Å². The van der Waals surface area contributed by atoms with E-state index >= 15 is 0 Å². The highest BCUT2D eigenvalue weighted by Crippen LogP contribution is 1.90. The molecule has 2 nitrogen and oxygen atoms in total. The summed E-state index contributed by atoms with van der Waals surface area (Å²) in [6.45, 7) is 4.95. The van der Waals surface area contributed by atoms with E-state index in [0.717, 1.165) is 0 Å². The molecular weight excluding hydrogens is 144 g/mol. The molecule has 0 atom stereocenters. The first-order valence-corrected chi connectivity index (χ1v) is 4.78. The Labute approximate surface area is 55.1 Å². The lowest BCUT2D eigenvalue weighted by molar-refractivity contribution is -0.129. The summed E-state index contributed by atoms with van der Waals surface area (Å²) in [4.78, 5) is 10.4. The van der Waals surface area contributed by atoms with Gasteiger partial charge in [0.2, 0.25) is 0 Å². The van der Waals surface area contributed by atoms with E-state index in [9.17, 15) is 4.79 Å². The van der Waals surface area contributed by atoms with Gasteiger partial charge in [0.25, 0.3) is 0 Å². The number of carbonyl (C=O) groups excluding carboxylic acids is 1. The van der Waals surface area contributed by atoms with Crippen LogP contribution < -0.4 is 0 Å². The Morgan fingerprint density at radius 2 is 2.38 bits per heavy atom. The highest BCUT2D eigenvalue weighted by molar-refractivity contribution is 6.90. The summed E-state index contributed by atoms with van der Waals surface area (Å²) >= 11 is 5.20. The molecule has 0 spiro atoms. The quantitative estimate of drug-likeness (QED) is 0.323. The minimum Gasteiger partial charge on any atom is -0.507 e. The summed E-state index contributed by atoms with van der Waals surface area (Å²) in [7, 11) is -1.11. The first-order valence-electron chi connectivity index (χ1n) is 2.07. The zero-order valence-corrected chi connectivity index (χ0v) is 6.78. The van der Waals surface area contributed by atoms with Crippen LogP contribution in [0.4, 0.5) is 0 Å². The van der Waals surface area contributed by atoms with Crippen LogP contribution in [0.25, 0.3) is 0 Å². The van der Waals surface area contributed by atoms with Gasteiger partial charge in [-0.25, -0.2) is 4.79 Å². The van der Waals surface area contributed by atoms with E-state index in [2.05, 4.69) is 11.0 Å². The Morgan fingerprint density at radius 1 is 1.88 bits per heavy atom. The van der Waals surface area contributed by atoms with Gasteiger partial charge in [-0.2, -0.15) is 0 Å². The van der Waals surface area contributed by atoms with Crippen molar-refractivity contribution in [1.29, 1.82) is 0 Å². The van der Waals surface area contributed by atoms with Gasteiger partial charge in [0, 0.05) is 5.57 Å². The highest BCUT2D eigenvalue weighted by atomic mass is 35.6. The van der Waals surface area contributed by atoms with Crippen molar-refractivity contribution in [2.24, 2.45) is 0 Å². The van der Waals surface area contributed by atoms with Crippen molar-refractivity contribution in [3.8, 4) is 0 Å². The monoisotopic (exact) mass is 150 g/mol. The summed E-state index contributed by atoms with van der Waals surface area (Å²) in [5.41, 5.74) is 0.401. The molecule has 0 N–H and O–H groups in total. The smallest absolute Gasteiger partial charge is 0.320 e. The van der Waals surface area contributed by atoms with Crippen molar-refractivity contribution < 1.29 is 9.22 Å². The predicted octanol–water partition coefficient (Wildman–Crippen LogP) is 0.343. The fourth-order valence-corrected chi connectivity index (χ4v) is 0.816. The van der Waals surface area contributed by atoms with Gasteiger partial charge in [-0.1, -0.05) is 6.58 Å². The Morgan fingerprint density at radius 3 is 2.50 bits per heavy atom. The zero-order chi connectivity index (χ0) is 6.57. The zero-order valence-electron chi connectivity index (χ0n) is 4.61. The average Bonchev–Trinajstić information content (AvgIpc) is 1.67. The van der Waals surface area contributed by atoms with Crippen LogP contribution in [0.15, 0.2) is 12.2 Å². The first kappa shape index (κ1) is 7.72. The van der Waals surface area contributed by atoms with E-state index in [0.29, 0.717) is 5.57 Å². The van der Waals surface area contributed by atoms with Gasteiger partial charge in [0.05, 0.1) is 0 Å². The molecule has 4 heteroatoms. The summed E-state index contributed by atoms with van der Waals surface area (Å²) in [6, 6.07) is 0. The second-order valence-corrected chi connectivity index (χ2v) is 2.48. The topological polar surface area (TPSA) is 26.3 Å². The maximum absolute atomic E-state index is 10.4. The molecule has 0 fully saturated rings. The SMILES string of the molecule is C=C(C)C(=O)O[SiH2]Cl. The number of rotatable bonds is 2. The van der Waals surface area contributed by atoms with E-state index in [1.165, 1.54) is 0 Å². The fraction of sp³-hybridized carbons (Fsp3) is 0.250. The van der Waals surface area contributed by atoms with Crippen LogP contribution >= 0.6 is 11.1 Å². The van der Waals surface area contributed by atoms with Gasteiger partial charge in [-0.05, 0) is 6.92 Å². The summed E-state index contributed by atoms with van der Waals surface area (Å²) in [5.74, 6) is -0.383. The Kier molecular flexibility index (Phi) is 3.56. The van der Waals surface area contributed by atoms with Crippen molar-refractivity contribution in [3.05, 3.63) is 12.2 Å². The van der Waals surface area contributed by atoms with Gasteiger partial charge < -0.3 is 4.43 Å². The molecular formula is C4H7ClO2Si. The molecule has 0 rings (SSSR count). The molecule has 0 amide bonds. The van der Waals surface area contributed by atoms with E-state index < -0.39 is 9.07 Å². The maximum Gasteiger partial charge on any atom is 0.320 e. The number of hydrogen-bond acceptors (Lipinski definition) is 2. The van der Waals surface area contributed by atoms with Crippen LogP contribution in [-0.2, 0) is 9.22 Å². The lowest BCUT2D eigenvalue weighted by Gasteiger charge is -1.96. The molecule has 0 aliphatic rings. The fourth-order valence-electron chi connectivity index (χ4n) is 0.173. The van der Waals surface area contributed by atoms with Crippen molar-refractivity contribution >= 4 is 26.1 Å². The number of halogens is 1. The molecule has 0 unspecified atom stereocenters. The molecule has 0 aromatic rings. The van der Waals surface area contributed by atoms with Crippen LogP contribution in [0.3, 0.4) is 0 Å². The van der Waals surface area contributed by atoms with Gasteiger partial charge in [-0.3, -0.25) is 0 Å². The summed E-state index contributed by atoms with van der Waals surface area (Å²) in [6.07, 6.45) is 0. The maximum atomic E-state index is 10.4. The second-order valence-electron chi connectivity index (χ2n) is 1.32. The van der Waals surface area contributed by atoms with E-state index in [1.807, 2.05) is 0 Å². The van der Waals surface area contributed by atoms with Gasteiger partial charge >= 0.3 is 15.0 Å². The second kappa shape index (κ2) is 3.69. The Balaban J connectivity index is 3.49. The minimum absolute atomic E-state index is 0.383. The number of hydrogen-bond donors (Lipinski definition) is 0. The largest absolute Gasteiger partial charge is 0.507 e. The molecule has 0 heterocycles. The molecule has 0 radical (unpaired) electrons. The Hall–Kier alpha value is -0.283. The molecule has 8 heavy (non-hydrogen) atoms.